The van der Waals surface area contributed by atoms with Gasteiger partial charge in [0.05, 0.1) is 17.9 Å². The Bertz CT molecular complexity index is 407. The number of nitrogen functional groups attached to an aromatic ring is 1. The van der Waals surface area contributed by atoms with Crippen LogP contribution in [-0.4, -0.2) is 25.8 Å². The lowest BCUT2D eigenvalue weighted by atomic mass is 10.2. The Labute approximate surface area is 106 Å². The largest absolute Gasteiger partial charge is 0.460 e. The van der Waals surface area contributed by atoms with Gasteiger partial charge in [-0.2, -0.15) is 0 Å². The highest BCUT2D eigenvalue weighted by molar-refractivity contribution is 5.90. The molecule has 4 nitrogen and oxygen atoms in total. The first-order valence-corrected chi connectivity index (χ1v) is 5.80. The van der Waals surface area contributed by atoms with Gasteiger partial charge in [0.15, 0.2) is 0 Å². The van der Waals surface area contributed by atoms with Crippen molar-refractivity contribution in [2.24, 2.45) is 5.92 Å². The summed E-state index contributed by atoms with van der Waals surface area (Å²) in [4.78, 5) is 11.5. The van der Waals surface area contributed by atoms with E-state index in [4.69, 9.17) is 15.2 Å². The van der Waals surface area contributed by atoms with E-state index in [0.717, 1.165) is 6.07 Å². The van der Waals surface area contributed by atoms with Crippen LogP contribution in [0.5, 0.6) is 0 Å². The summed E-state index contributed by atoms with van der Waals surface area (Å²) in [6, 6.07) is 3.73. The molecular formula is C13H18FNO3. The normalized spacial score (nSPS) is 10.7. The van der Waals surface area contributed by atoms with Crippen LogP contribution >= 0.6 is 0 Å². The van der Waals surface area contributed by atoms with E-state index in [1.807, 2.05) is 13.8 Å². The second-order valence-electron chi connectivity index (χ2n) is 4.34. The van der Waals surface area contributed by atoms with Gasteiger partial charge in [0.1, 0.15) is 12.4 Å². The zero-order chi connectivity index (χ0) is 13.5. The van der Waals surface area contributed by atoms with E-state index in [9.17, 15) is 9.18 Å². The standard InChI is InChI=1S/C13H18FNO3/c1-9(2)8-17-5-6-18-13(16)10-3-4-11(14)12(15)7-10/h3-4,7,9H,5-6,8,15H2,1-2H3. The van der Waals surface area contributed by atoms with Crippen molar-refractivity contribution in [3.8, 4) is 0 Å². The quantitative estimate of drug-likeness (QED) is 0.481. The molecule has 0 unspecified atom stereocenters. The fraction of sp³-hybridized carbons (Fsp3) is 0.462. The minimum atomic E-state index is -0.549. The first-order valence-electron chi connectivity index (χ1n) is 5.80. The molecule has 0 fully saturated rings. The second kappa shape index (κ2) is 6.96. The Hall–Kier alpha value is -1.62. The Morgan fingerprint density at radius 2 is 2.11 bits per heavy atom. The van der Waals surface area contributed by atoms with Gasteiger partial charge in [-0.3, -0.25) is 0 Å². The maximum absolute atomic E-state index is 12.9. The predicted octanol–water partition coefficient (Wildman–Crippen LogP) is 2.24. The Morgan fingerprint density at radius 1 is 1.39 bits per heavy atom. The van der Waals surface area contributed by atoms with Crippen molar-refractivity contribution >= 4 is 11.7 Å². The highest BCUT2D eigenvalue weighted by atomic mass is 19.1. The first kappa shape index (κ1) is 14.4. The van der Waals surface area contributed by atoms with Gasteiger partial charge < -0.3 is 15.2 Å². The van der Waals surface area contributed by atoms with Crippen LogP contribution in [0.25, 0.3) is 0 Å². The van der Waals surface area contributed by atoms with Crippen LogP contribution in [0.15, 0.2) is 18.2 Å². The summed E-state index contributed by atoms with van der Waals surface area (Å²) in [5.41, 5.74) is 5.53. The number of nitrogens with two attached hydrogens (primary N) is 1. The lowest BCUT2D eigenvalue weighted by Gasteiger charge is -2.08. The molecule has 0 aliphatic heterocycles. The lowest BCUT2D eigenvalue weighted by molar-refractivity contribution is 0.0277. The highest BCUT2D eigenvalue weighted by Gasteiger charge is 2.09. The molecule has 0 heterocycles. The molecule has 5 heteroatoms. The van der Waals surface area contributed by atoms with Crippen molar-refractivity contribution in [3.05, 3.63) is 29.6 Å². The Morgan fingerprint density at radius 3 is 2.72 bits per heavy atom. The molecule has 0 saturated heterocycles. The molecule has 18 heavy (non-hydrogen) atoms. The first-order chi connectivity index (χ1) is 8.50. The van der Waals surface area contributed by atoms with Crippen LogP contribution < -0.4 is 5.73 Å². The molecule has 1 aromatic carbocycles. The van der Waals surface area contributed by atoms with E-state index < -0.39 is 11.8 Å². The van der Waals surface area contributed by atoms with Crippen LogP contribution in [-0.2, 0) is 9.47 Å². The van der Waals surface area contributed by atoms with E-state index in [2.05, 4.69) is 0 Å². The Kier molecular flexibility index (Phi) is 5.58. The minimum absolute atomic E-state index is 0.0690. The number of anilines is 1. The van der Waals surface area contributed by atoms with Gasteiger partial charge in [-0.25, -0.2) is 9.18 Å². The molecule has 0 bridgehead atoms. The smallest absolute Gasteiger partial charge is 0.338 e. The third kappa shape index (κ3) is 4.71. The van der Waals surface area contributed by atoms with Crippen LogP contribution in [0.3, 0.4) is 0 Å². The van der Waals surface area contributed by atoms with Crippen molar-refractivity contribution in [2.75, 3.05) is 25.6 Å². The minimum Gasteiger partial charge on any atom is -0.460 e. The van der Waals surface area contributed by atoms with Gasteiger partial charge in [-0.1, -0.05) is 13.8 Å². The molecule has 1 aromatic rings. The predicted molar refractivity (Wildman–Crippen MR) is 66.8 cm³/mol. The number of carbonyl (C=O) groups excluding carboxylic acids is 1. The average molecular weight is 255 g/mol. The summed E-state index contributed by atoms with van der Waals surface area (Å²) in [6.07, 6.45) is 0. The van der Waals surface area contributed by atoms with Gasteiger partial charge in [-0.05, 0) is 24.1 Å². The zero-order valence-electron chi connectivity index (χ0n) is 10.6. The topological polar surface area (TPSA) is 61.5 Å². The molecule has 0 aliphatic rings. The maximum Gasteiger partial charge on any atom is 0.338 e. The SMILES string of the molecule is CC(C)COCCOC(=O)c1ccc(F)c(N)c1. The molecule has 0 spiro atoms. The third-order valence-corrected chi connectivity index (χ3v) is 2.14. The van der Waals surface area contributed by atoms with Crippen LogP contribution in [0.1, 0.15) is 24.2 Å². The van der Waals surface area contributed by atoms with E-state index in [-0.39, 0.29) is 17.9 Å². The van der Waals surface area contributed by atoms with Crippen LogP contribution in [0.4, 0.5) is 10.1 Å². The molecule has 0 aromatic heterocycles. The fourth-order valence-electron chi connectivity index (χ4n) is 1.27. The van der Waals surface area contributed by atoms with E-state index in [1.165, 1.54) is 12.1 Å². The molecule has 0 amide bonds. The van der Waals surface area contributed by atoms with Crippen molar-refractivity contribution in [3.63, 3.8) is 0 Å². The van der Waals surface area contributed by atoms with Crippen molar-refractivity contribution in [1.29, 1.82) is 0 Å². The van der Waals surface area contributed by atoms with E-state index >= 15 is 0 Å². The number of ether oxygens (including phenoxy) is 2. The summed E-state index contributed by atoms with van der Waals surface area (Å²) in [5, 5.41) is 0. The number of hydrogen-bond donors (Lipinski definition) is 1. The number of halogens is 1. The highest BCUT2D eigenvalue weighted by Crippen LogP contribution is 2.12. The van der Waals surface area contributed by atoms with Gasteiger partial charge in [0.25, 0.3) is 0 Å². The number of benzene rings is 1. The zero-order valence-corrected chi connectivity index (χ0v) is 10.6. The molecular weight excluding hydrogens is 237 g/mol. The molecule has 0 saturated carbocycles. The van der Waals surface area contributed by atoms with Gasteiger partial charge in [0, 0.05) is 6.61 Å². The van der Waals surface area contributed by atoms with Crippen LogP contribution in [0.2, 0.25) is 0 Å². The molecule has 0 atom stereocenters. The molecule has 100 valence electrons. The molecule has 0 aliphatic carbocycles. The van der Waals surface area contributed by atoms with Gasteiger partial charge >= 0.3 is 5.97 Å². The maximum atomic E-state index is 12.9. The van der Waals surface area contributed by atoms with Crippen molar-refractivity contribution < 1.29 is 18.7 Å². The molecule has 1 rings (SSSR count). The van der Waals surface area contributed by atoms with Gasteiger partial charge in [0.2, 0.25) is 0 Å². The van der Waals surface area contributed by atoms with Crippen molar-refractivity contribution in [2.45, 2.75) is 13.8 Å². The average Bonchev–Trinajstić information content (AvgIpc) is 2.31. The van der Waals surface area contributed by atoms with Crippen molar-refractivity contribution in [1.82, 2.24) is 0 Å². The summed E-state index contributed by atoms with van der Waals surface area (Å²) in [7, 11) is 0. The Balaban J connectivity index is 2.34. The summed E-state index contributed by atoms with van der Waals surface area (Å²) in [5.74, 6) is -0.640. The van der Waals surface area contributed by atoms with Gasteiger partial charge in [-0.15, -0.1) is 0 Å². The molecule has 0 radical (unpaired) electrons. The second-order valence-corrected chi connectivity index (χ2v) is 4.34. The number of esters is 1. The summed E-state index contributed by atoms with van der Waals surface area (Å²) < 4.78 is 23.1. The summed E-state index contributed by atoms with van der Waals surface area (Å²) in [6.45, 7) is 5.21. The molecule has 2 N–H and O–H groups in total. The third-order valence-electron chi connectivity index (χ3n) is 2.14. The summed E-state index contributed by atoms with van der Waals surface area (Å²) >= 11 is 0. The lowest BCUT2D eigenvalue weighted by Crippen LogP contribution is -2.13. The number of carbonyl (C=O) groups is 1. The number of hydrogen-bond acceptors (Lipinski definition) is 4. The fourth-order valence-corrected chi connectivity index (χ4v) is 1.27. The van der Waals surface area contributed by atoms with E-state index in [0.29, 0.717) is 19.1 Å². The van der Waals surface area contributed by atoms with Crippen LogP contribution in [0, 0.1) is 11.7 Å². The number of rotatable bonds is 6. The van der Waals surface area contributed by atoms with E-state index in [1.54, 1.807) is 0 Å². The monoisotopic (exact) mass is 255 g/mol.